The Morgan fingerprint density at radius 2 is 2.04 bits per heavy atom. The number of Topliss-reactive ketones (excluding diaryl/α,β-unsaturated/α-hetero) is 1. The molecule has 1 aromatic heterocycles. The van der Waals surface area contributed by atoms with Crippen LogP contribution in [0.2, 0.25) is 0 Å². The first-order valence-electron chi connectivity index (χ1n) is 8.42. The summed E-state index contributed by atoms with van der Waals surface area (Å²) < 4.78 is 5.00. The summed E-state index contributed by atoms with van der Waals surface area (Å²) in [5, 5.41) is 19.6. The zero-order chi connectivity index (χ0) is 18.3. The van der Waals surface area contributed by atoms with Crippen molar-refractivity contribution >= 4 is 5.78 Å². The number of rotatable bonds is 9. The van der Waals surface area contributed by atoms with Crippen LogP contribution in [0.3, 0.4) is 0 Å². The van der Waals surface area contributed by atoms with Gasteiger partial charge in [0.15, 0.2) is 0 Å². The fraction of sp³-hybridized carbons (Fsp3) is 0.579. The van der Waals surface area contributed by atoms with E-state index in [1.807, 2.05) is 6.92 Å². The first-order chi connectivity index (χ1) is 11.2. The van der Waals surface area contributed by atoms with Crippen molar-refractivity contribution in [3.8, 4) is 5.75 Å². The minimum absolute atomic E-state index is 0.00889. The number of carbonyl (C=O) groups excluding carboxylic acids is 1. The average molecular weight is 336 g/mol. The maximum Gasteiger partial charge on any atom is 0.342 e. The number of hydrogen-bond acceptors (Lipinski definition) is 5. The van der Waals surface area contributed by atoms with E-state index in [9.17, 15) is 19.8 Å². The third-order valence-corrected chi connectivity index (χ3v) is 4.12. The number of allylic oxidation sites excluding steroid dienone is 2. The zero-order valence-electron chi connectivity index (χ0n) is 15.0. The van der Waals surface area contributed by atoms with Crippen molar-refractivity contribution in [1.82, 2.24) is 0 Å². The summed E-state index contributed by atoms with van der Waals surface area (Å²) in [5.74, 6) is 0.489. The largest absolute Gasteiger partial charge is 0.507 e. The van der Waals surface area contributed by atoms with Gasteiger partial charge in [0.05, 0.1) is 11.7 Å². The van der Waals surface area contributed by atoms with Crippen LogP contribution >= 0.6 is 0 Å². The second kappa shape index (κ2) is 9.42. The molecule has 0 aliphatic carbocycles. The van der Waals surface area contributed by atoms with Crippen molar-refractivity contribution in [2.24, 2.45) is 5.92 Å². The number of aliphatic hydroxyl groups is 1. The fourth-order valence-corrected chi connectivity index (χ4v) is 2.38. The third-order valence-electron chi connectivity index (χ3n) is 4.12. The highest BCUT2D eigenvalue weighted by Gasteiger charge is 2.15. The molecule has 24 heavy (non-hydrogen) atoms. The van der Waals surface area contributed by atoms with Crippen molar-refractivity contribution in [3.05, 3.63) is 39.5 Å². The average Bonchev–Trinajstić information content (AvgIpc) is 2.50. The Bertz CT molecular complexity index is 642. The lowest BCUT2D eigenvalue weighted by atomic mass is 9.99. The van der Waals surface area contributed by atoms with E-state index in [1.165, 1.54) is 18.6 Å². The van der Waals surface area contributed by atoms with Gasteiger partial charge in [0, 0.05) is 25.3 Å². The molecule has 0 amide bonds. The summed E-state index contributed by atoms with van der Waals surface area (Å²) in [5.41, 5.74) is 0.684. The molecule has 2 unspecified atom stereocenters. The van der Waals surface area contributed by atoms with Gasteiger partial charge in [-0.3, -0.25) is 4.79 Å². The Morgan fingerprint density at radius 3 is 2.62 bits per heavy atom. The van der Waals surface area contributed by atoms with Gasteiger partial charge >= 0.3 is 5.63 Å². The van der Waals surface area contributed by atoms with E-state index in [4.69, 9.17) is 4.42 Å². The van der Waals surface area contributed by atoms with E-state index < -0.39 is 11.7 Å². The summed E-state index contributed by atoms with van der Waals surface area (Å²) in [4.78, 5) is 23.4. The maximum atomic E-state index is 12.0. The van der Waals surface area contributed by atoms with Crippen LogP contribution in [-0.4, -0.2) is 22.1 Å². The molecule has 2 N–H and O–H groups in total. The normalized spacial score (nSPS) is 14.5. The quantitative estimate of drug-likeness (QED) is 0.676. The number of ketones is 1. The summed E-state index contributed by atoms with van der Waals surface area (Å²) in [6, 6.07) is 1.31. The predicted octanol–water partition coefficient (Wildman–Crippen LogP) is 3.29. The predicted molar refractivity (Wildman–Crippen MR) is 93.2 cm³/mol. The summed E-state index contributed by atoms with van der Waals surface area (Å²) in [6.07, 6.45) is 3.42. The number of carbonyl (C=O) groups is 1. The Hall–Kier alpha value is -1.88. The topological polar surface area (TPSA) is 87.7 Å². The molecule has 2 atom stereocenters. The van der Waals surface area contributed by atoms with E-state index in [0.717, 1.165) is 6.42 Å². The highest BCUT2D eigenvalue weighted by molar-refractivity contribution is 5.79. The van der Waals surface area contributed by atoms with Crippen LogP contribution in [-0.2, 0) is 11.2 Å². The molecule has 0 radical (unpaired) electrons. The molecule has 0 spiro atoms. The van der Waals surface area contributed by atoms with Gasteiger partial charge in [-0.05, 0) is 26.2 Å². The van der Waals surface area contributed by atoms with E-state index >= 15 is 0 Å². The van der Waals surface area contributed by atoms with E-state index in [0.29, 0.717) is 18.8 Å². The molecule has 0 bridgehead atoms. The van der Waals surface area contributed by atoms with Crippen molar-refractivity contribution < 1.29 is 19.4 Å². The first-order valence-corrected chi connectivity index (χ1v) is 8.42. The molecule has 5 heteroatoms. The Labute approximate surface area is 143 Å². The Morgan fingerprint density at radius 1 is 1.38 bits per heavy atom. The van der Waals surface area contributed by atoms with Crippen molar-refractivity contribution in [1.29, 1.82) is 0 Å². The zero-order valence-corrected chi connectivity index (χ0v) is 15.0. The smallest absolute Gasteiger partial charge is 0.342 e. The number of aliphatic hydroxyl groups excluding tert-OH is 1. The highest BCUT2D eigenvalue weighted by Crippen LogP contribution is 2.17. The number of hydrogen-bond donors (Lipinski definition) is 2. The molecule has 0 saturated carbocycles. The van der Waals surface area contributed by atoms with Crippen molar-refractivity contribution in [3.63, 3.8) is 0 Å². The molecule has 1 rings (SSSR count). The second-order valence-corrected chi connectivity index (χ2v) is 6.51. The molecule has 0 fully saturated rings. The Kier molecular flexibility index (Phi) is 7.92. The fourth-order valence-electron chi connectivity index (χ4n) is 2.38. The summed E-state index contributed by atoms with van der Waals surface area (Å²) in [6.45, 7) is 7.73. The van der Waals surface area contributed by atoms with E-state index in [1.54, 1.807) is 0 Å². The third kappa shape index (κ3) is 6.71. The van der Waals surface area contributed by atoms with Gasteiger partial charge in [0.1, 0.15) is 17.3 Å². The molecule has 0 aromatic carbocycles. The molecular formula is C19H28O5. The van der Waals surface area contributed by atoms with E-state index in [2.05, 4.69) is 19.9 Å². The molecule has 1 heterocycles. The summed E-state index contributed by atoms with van der Waals surface area (Å²) in [7, 11) is 0. The van der Waals surface area contributed by atoms with Crippen LogP contribution in [0, 0.1) is 12.8 Å². The minimum atomic E-state index is -0.929. The van der Waals surface area contributed by atoms with Gasteiger partial charge < -0.3 is 14.6 Å². The molecule has 1 aromatic rings. The molecule has 0 saturated heterocycles. The summed E-state index contributed by atoms with van der Waals surface area (Å²) >= 11 is 0. The van der Waals surface area contributed by atoms with Gasteiger partial charge in [0.2, 0.25) is 0 Å². The van der Waals surface area contributed by atoms with E-state index in [-0.39, 0.29) is 35.7 Å². The van der Waals surface area contributed by atoms with Gasteiger partial charge in [-0.1, -0.05) is 31.9 Å². The van der Waals surface area contributed by atoms with Gasteiger partial charge in [-0.25, -0.2) is 4.79 Å². The van der Waals surface area contributed by atoms with Gasteiger partial charge in [-0.15, -0.1) is 0 Å². The minimum Gasteiger partial charge on any atom is -0.507 e. The highest BCUT2D eigenvalue weighted by atomic mass is 16.4. The maximum absolute atomic E-state index is 12.0. The molecule has 0 aliphatic rings. The van der Waals surface area contributed by atoms with Gasteiger partial charge in [0.25, 0.3) is 0 Å². The van der Waals surface area contributed by atoms with Crippen LogP contribution in [0.1, 0.15) is 57.8 Å². The van der Waals surface area contributed by atoms with Crippen LogP contribution in [0.25, 0.3) is 0 Å². The first kappa shape index (κ1) is 20.2. The SMILES string of the molecule is CCC(C)/C=C(\C)CCC(=O)CC(O)Cc1cc(O)c(C)c(=O)o1. The lowest BCUT2D eigenvalue weighted by Gasteiger charge is -2.10. The molecule has 5 nitrogen and oxygen atoms in total. The lowest BCUT2D eigenvalue weighted by molar-refractivity contribution is -0.120. The van der Waals surface area contributed by atoms with Crippen LogP contribution in [0.15, 0.2) is 26.9 Å². The van der Waals surface area contributed by atoms with Gasteiger partial charge in [-0.2, -0.15) is 0 Å². The Balaban J connectivity index is 2.50. The number of aromatic hydroxyl groups is 1. The standard InChI is InChI=1S/C19H28O5/c1-5-12(2)8-13(3)6-7-15(20)9-16(21)10-17-11-18(22)14(4)19(23)24-17/h8,11-12,16,21-22H,5-7,9-10H2,1-4H3/b13-8+. The second-order valence-electron chi connectivity index (χ2n) is 6.51. The van der Waals surface area contributed by atoms with Crippen molar-refractivity contribution in [2.45, 2.75) is 65.9 Å². The van der Waals surface area contributed by atoms with Crippen molar-refractivity contribution in [2.75, 3.05) is 0 Å². The van der Waals surface area contributed by atoms with Crippen LogP contribution in [0.5, 0.6) is 5.75 Å². The molecular weight excluding hydrogens is 308 g/mol. The lowest BCUT2D eigenvalue weighted by Crippen LogP contribution is -2.17. The van der Waals surface area contributed by atoms with Crippen LogP contribution < -0.4 is 5.63 Å². The molecule has 0 aliphatic heterocycles. The van der Waals surface area contributed by atoms with Crippen LogP contribution in [0.4, 0.5) is 0 Å². The molecule has 134 valence electrons. The monoisotopic (exact) mass is 336 g/mol.